The fraction of sp³-hybridized carbons (Fsp3) is 0.667. The van der Waals surface area contributed by atoms with Gasteiger partial charge in [0, 0.05) is 18.8 Å². The largest absolute Gasteiger partial charge is 0.462 e. The lowest BCUT2D eigenvalue weighted by molar-refractivity contribution is 0.0526. The zero-order valence-corrected chi connectivity index (χ0v) is 13.8. The summed E-state index contributed by atoms with van der Waals surface area (Å²) in [6.45, 7) is 2.79. The van der Waals surface area contributed by atoms with Gasteiger partial charge in [-0.3, -0.25) is 0 Å². The van der Waals surface area contributed by atoms with E-state index in [0.717, 1.165) is 12.2 Å². The van der Waals surface area contributed by atoms with E-state index in [1.807, 2.05) is 6.07 Å². The van der Waals surface area contributed by atoms with Gasteiger partial charge in [-0.2, -0.15) is 0 Å². The molecule has 1 aliphatic heterocycles. The Morgan fingerprint density at radius 1 is 1.35 bits per heavy atom. The third kappa shape index (κ3) is 3.66. The van der Waals surface area contributed by atoms with Crippen molar-refractivity contribution < 1.29 is 14.6 Å². The average Bonchev–Trinajstić information content (AvgIpc) is 2.98. The van der Waals surface area contributed by atoms with Crippen molar-refractivity contribution in [1.29, 1.82) is 0 Å². The fourth-order valence-electron chi connectivity index (χ4n) is 3.96. The summed E-state index contributed by atoms with van der Waals surface area (Å²) in [5, 5.41) is 10.1. The van der Waals surface area contributed by atoms with Crippen molar-refractivity contribution in [3.8, 4) is 0 Å². The molecule has 23 heavy (non-hydrogen) atoms. The summed E-state index contributed by atoms with van der Waals surface area (Å²) in [5.74, 6) is 1.16. The first kappa shape index (κ1) is 16.2. The van der Waals surface area contributed by atoms with E-state index in [4.69, 9.17) is 4.74 Å². The highest BCUT2D eigenvalue weighted by molar-refractivity contribution is 5.89. The van der Waals surface area contributed by atoms with E-state index in [-0.39, 0.29) is 12.1 Å². The van der Waals surface area contributed by atoms with Gasteiger partial charge in [0.25, 0.3) is 0 Å². The number of hydrogen-bond acceptors (Lipinski definition) is 5. The van der Waals surface area contributed by atoms with Crippen LogP contribution in [0.15, 0.2) is 18.3 Å². The SMILES string of the molecule is CCOC(=O)c1ccc(N2C[C@@H](O)C[C@@H]2C2CCCCC2)nc1. The standard InChI is InChI=1S/C18H26N2O3/c1-2-23-18(22)14-8-9-17(19-11-14)20-12-15(21)10-16(20)13-6-4-3-5-7-13/h8-9,11,13,15-16,21H,2-7,10,12H2,1H3/t15-,16+/m0/s1. The van der Waals surface area contributed by atoms with Crippen LogP contribution in [0, 0.1) is 5.92 Å². The molecule has 0 aromatic carbocycles. The van der Waals surface area contributed by atoms with E-state index in [9.17, 15) is 9.90 Å². The smallest absolute Gasteiger partial charge is 0.339 e. The zero-order chi connectivity index (χ0) is 16.2. The lowest BCUT2D eigenvalue weighted by Gasteiger charge is -2.34. The van der Waals surface area contributed by atoms with Crippen LogP contribution in [0.3, 0.4) is 0 Å². The Hall–Kier alpha value is -1.62. The van der Waals surface area contributed by atoms with Crippen molar-refractivity contribution in [1.82, 2.24) is 4.98 Å². The second-order valence-electron chi connectivity index (χ2n) is 6.63. The summed E-state index contributed by atoms with van der Waals surface area (Å²) in [6.07, 6.45) is 8.53. The van der Waals surface area contributed by atoms with Crippen molar-refractivity contribution in [2.24, 2.45) is 5.92 Å². The van der Waals surface area contributed by atoms with Crippen LogP contribution in [-0.4, -0.2) is 41.4 Å². The highest BCUT2D eigenvalue weighted by Crippen LogP contribution is 2.36. The number of carbonyl (C=O) groups is 1. The second kappa shape index (κ2) is 7.30. The number of hydrogen-bond donors (Lipinski definition) is 1. The molecule has 1 aromatic heterocycles. The summed E-state index contributed by atoms with van der Waals surface area (Å²) >= 11 is 0. The minimum absolute atomic E-state index is 0.284. The highest BCUT2D eigenvalue weighted by Gasteiger charge is 2.37. The number of rotatable bonds is 4. The first-order chi connectivity index (χ1) is 11.2. The summed E-state index contributed by atoms with van der Waals surface area (Å²) in [5.41, 5.74) is 0.476. The molecular weight excluding hydrogens is 292 g/mol. The van der Waals surface area contributed by atoms with Crippen LogP contribution in [0.1, 0.15) is 55.8 Å². The van der Waals surface area contributed by atoms with Crippen molar-refractivity contribution >= 4 is 11.8 Å². The molecule has 1 aromatic rings. The van der Waals surface area contributed by atoms with Gasteiger partial charge in [0.1, 0.15) is 5.82 Å². The Morgan fingerprint density at radius 2 is 2.13 bits per heavy atom. The van der Waals surface area contributed by atoms with E-state index in [2.05, 4.69) is 9.88 Å². The normalized spacial score (nSPS) is 25.6. The summed E-state index contributed by atoms with van der Waals surface area (Å²) < 4.78 is 4.99. The number of pyridine rings is 1. The molecule has 2 heterocycles. The molecule has 0 bridgehead atoms. The van der Waals surface area contributed by atoms with Crippen molar-refractivity contribution in [2.75, 3.05) is 18.1 Å². The maximum atomic E-state index is 11.7. The van der Waals surface area contributed by atoms with Crippen LogP contribution >= 0.6 is 0 Å². The predicted molar refractivity (Wildman–Crippen MR) is 88.5 cm³/mol. The van der Waals surface area contributed by atoms with Gasteiger partial charge in [0.15, 0.2) is 0 Å². The minimum Gasteiger partial charge on any atom is -0.462 e. The zero-order valence-electron chi connectivity index (χ0n) is 13.8. The van der Waals surface area contributed by atoms with Crippen LogP contribution < -0.4 is 4.90 Å². The molecule has 5 nitrogen and oxygen atoms in total. The molecular formula is C18H26N2O3. The fourth-order valence-corrected chi connectivity index (χ4v) is 3.96. The summed E-state index contributed by atoms with van der Waals surface area (Å²) in [4.78, 5) is 18.4. The average molecular weight is 318 g/mol. The van der Waals surface area contributed by atoms with E-state index in [1.165, 1.54) is 32.1 Å². The number of aliphatic hydroxyl groups is 1. The topological polar surface area (TPSA) is 62.7 Å². The Balaban J connectivity index is 1.74. The molecule has 1 saturated heterocycles. The van der Waals surface area contributed by atoms with Gasteiger partial charge < -0.3 is 14.7 Å². The Kier molecular flexibility index (Phi) is 5.16. The maximum Gasteiger partial charge on any atom is 0.339 e. The Morgan fingerprint density at radius 3 is 2.78 bits per heavy atom. The van der Waals surface area contributed by atoms with E-state index < -0.39 is 0 Å². The number of esters is 1. The summed E-state index contributed by atoms with van der Waals surface area (Å²) in [6, 6.07) is 4.01. The molecule has 1 N–H and O–H groups in total. The Labute approximate surface area is 137 Å². The molecule has 2 fully saturated rings. The van der Waals surface area contributed by atoms with Gasteiger partial charge in [0.2, 0.25) is 0 Å². The van der Waals surface area contributed by atoms with Gasteiger partial charge in [-0.15, -0.1) is 0 Å². The van der Waals surface area contributed by atoms with Crippen LogP contribution in [0.25, 0.3) is 0 Å². The lowest BCUT2D eigenvalue weighted by atomic mass is 9.83. The van der Waals surface area contributed by atoms with Gasteiger partial charge >= 0.3 is 5.97 Å². The molecule has 126 valence electrons. The quantitative estimate of drug-likeness (QED) is 0.865. The lowest BCUT2D eigenvalue weighted by Crippen LogP contribution is -2.37. The highest BCUT2D eigenvalue weighted by atomic mass is 16.5. The minimum atomic E-state index is -0.336. The molecule has 0 radical (unpaired) electrons. The van der Waals surface area contributed by atoms with E-state index >= 15 is 0 Å². The van der Waals surface area contributed by atoms with Crippen LogP contribution in [0.4, 0.5) is 5.82 Å². The molecule has 5 heteroatoms. The van der Waals surface area contributed by atoms with Crippen LogP contribution in [0.2, 0.25) is 0 Å². The predicted octanol–water partition coefficient (Wildman–Crippen LogP) is 2.78. The number of carbonyl (C=O) groups excluding carboxylic acids is 1. The molecule has 0 unspecified atom stereocenters. The number of aliphatic hydroxyl groups excluding tert-OH is 1. The van der Waals surface area contributed by atoms with Gasteiger partial charge in [0.05, 0.1) is 18.3 Å². The molecule has 0 amide bonds. The van der Waals surface area contributed by atoms with Gasteiger partial charge in [-0.1, -0.05) is 19.3 Å². The van der Waals surface area contributed by atoms with Crippen molar-refractivity contribution in [3.63, 3.8) is 0 Å². The number of ether oxygens (including phenoxy) is 1. The summed E-state index contributed by atoms with van der Waals surface area (Å²) in [7, 11) is 0. The molecule has 0 spiro atoms. The molecule has 1 saturated carbocycles. The van der Waals surface area contributed by atoms with Gasteiger partial charge in [-0.05, 0) is 44.2 Å². The van der Waals surface area contributed by atoms with Crippen LogP contribution in [0.5, 0.6) is 0 Å². The second-order valence-corrected chi connectivity index (χ2v) is 6.63. The third-order valence-electron chi connectivity index (χ3n) is 5.07. The van der Waals surface area contributed by atoms with Gasteiger partial charge in [-0.25, -0.2) is 9.78 Å². The number of β-amino-alcohol motifs (C(OH)–C–C–N with tert-alkyl or cyclic N) is 1. The first-order valence-electron chi connectivity index (χ1n) is 8.77. The van der Waals surface area contributed by atoms with E-state index in [1.54, 1.807) is 19.2 Å². The van der Waals surface area contributed by atoms with E-state index in [0.29, 0.717) is 30.7 Å². The number of nitrogens with zero attached hydrogens (tertiary/aromatic N) is 2. The molecule has 2 aliphatic rings. The maximum absolute atomic E-state index is 11.7. The van der Waals surface area contributed by atoms with Crippen molar-refractivity contribution in [2.45, 2.75) is 57.6 Å². The van der Waals surface area contributed by atoms with Crippen molar-refractivity contribution in [3.05, 3.63) is 23.9 Å². The Bertz CT molecular complexity index is 526. The molecule has 2 atom stereocenters. The number of anilines is 1. The third-order valence-corrected chi connectivity index (χ3v) is 5.07. The molecule has 3 rings (SSSR count). The molecule has 1 aliphatic carbocycles. The number of aromatic nitrogens is 1. The van der Waals surface area contributed by atoms with Crippen LogP contribution in [-0.2, 0) is 4.74 Å². The monoisotopic (exact) mass is 318 g/mol. The first-order valence-corrected chi connectivity index (χ1v) is 8.77.